The van der Waals surface area contributed by atoms with Crippen molar-refractivity contribution in [3.63, 3.8) is 0 Å². The molecule has 1 aromatic rings. The van der Waals surface area contributed by atoms with Crippen LogP contribution in [0.2, 0.25) is 0 Å². The lowest BCUT2D eigenvalue weighted by Crippen LogP contribution is -2.36. The van der Waals surface area contributed by atoms with Crippen LogP contribution in [-0.2, 0) is 26.0 Å². The number of sulfonamides is 1. The van der Waals surface area contributed by atoms with Gasteiger partial charge in [0.05, 0.1) is 18.4 Å². The Balaban J connectivity index is 2.97. The zero-order valence-electron chi connectivity index (χ0n) is 13.0. The Labute approximate surface area is 127 Å². The van der Waals surface area contributed by atoms with Gasteiger partial charge in [0.2, 0.25) is 10.0 Å². The third kappa shape index (κ3) is 4.28. The second-order valence-electron chi connectivity index (χ2n) is 4.89. The number of hydrogen-bond donors (Lipinski definition) is 0. The highest BCUT2D eigenvalue weighted by molar-refractivity contribution is 7.89. The Hall–Kier alpha value is -1.40. The number of ether oxygens (including phenoxy) is 1. The first-order valence-corrected chi connectivity index (χ1v) is 8.44. The van der Waals surface area contributed by atoms with Crippen LogP contribution in [0.15, 0.2) is 29.2 Å². The van der Waals surface area contributed by atoms with Crippen LogP contribution >= 0.6 is 0 Å². The standard InChI is InChI=1S/C15H23NO4S/c1-5-13(6-2)16(3)21(18,19)14-9-7-12(8-10-14)11-15(17)20-4/h7-10,13H,5-6,11H2,1-4H3. The second kappa shape index (κ2) is 7.56. The molecule has 21 heavy (non-hydrogen) atoms. The second-order valence-corrected chi connectivity index (χ2v) is 6.89. The molecule has 1 rings (SSSR count). The molecule has 0 amide bonds. The molecule has 1 aromatic carbocycles. The van der Waals surface area contributed by atoms with Gasteiger partial charge in [-0.1, -0.05) is 26.0 Å². The average Bonchev–Trinajstić information content (AvgIpc) is 2.48. The molecule has 0 saturated carbocycles. The molecule has 5 nitrogen and oxygen atoms in total. The number of benzene rings is 1. The number of methoxy groups -OCH3 is 1. The highest BCUT2D eigenvalue weighted by Crippen LogP contribution is 2.20. The monoisotopic (exact) mass is 313 g/mol. The van der Waals surface area contributed by atoms with Crippen molar-refractivity contribution in [1.82, 2.24) is 4.31 Å². The van der Waals surface area contributed by atoms with Crippen LogP contribution in [0.3, 0.4) is 0 Å². The number of carbonyl (C=O) groups is 1. The van der Waals surface area contributed by atoms with Crippen molar-refractivity contribution in [2.45, 2.75) is 44.0 Å². The molecule has 0 bridgehead atoms. The predicted octanol–water partition coefficient (Wildman–Crippen LogP) is 2.21. The minimum Gasteiger partial charge on any atom is -0.469 e. The third-order valence-electron chi connectivity index (χ3n) is 3.63. The molecular weight excluding hydrogens is 290 g/mol. The minimum atomic E-state index is -3.50. The Kier molecular flexibility index (Phi) is 6.36. The van der Waals surface area contributed by atoms with Gasteiger partial charge in [-0.05, 0) is 30.5 Å². The molecule has 0 aliphatic heterocycles. The molecule has 0 atom stereocenters. The Bertz CT molecular complexity index is 562. The van der Waals surface area contributed by atoms with E-state index < -0.39 is 10.0 Å². The van der Waals surface area contributed by atoms with E-state index in [4.69, 9.17) is 0 Å². The van der Waals surface area contributed by atoms with Crippen LogP contribution in [-0.4, -0.2) is 38.9 Å². The van der Waals surface area contributed by atoms with Crippen molar-refractivity contribution in [3.05, 3.63) is 29.8 Å². The highest BCUT2D eigenvalue weighted by atomic mass is 32.2. The van der Waals surface area contributed by atoms with Crippen LogP contribution in [0.1, 0.15) is 32.3 Å². The summed E-state index contributed by atoms with van der Waals surface area (Å²) in [5, 5.41) is 0. The third-order valence-corrected chi connectivity index (χ3v) is 5.56. The fraction of sp³-hybridized carbons (Fsp3) is 0.533. The van der Waals surface area contributed by atoms with E-state index in [1.165, 1.54) is 23.5 Å². The minimum absolute atomic E-state index is 0.00949. The number of rotatable bonds is 7. The average molecular weight is 313 g/mol. The molecule has 118 valence electrons. The maximum atomic E-state index is 12.5. The summed E-state index contributed by atoms with van der Waals surface area (Å²) in [5.41, 5.74) is 0.728. The molecule has 0 fully saturated rings. The van der Waals surface area contributed by atoms with Gasteiger partial charge in [-0.15, -0.1) is 0 Å². The van der Waals surface area contributed by atoms with E-state index in [1.807, 2.05) is 13.8 Å². The number of carbonyl (C=O) groups excluding carboxylic acids is 1. The molecule has 0 spiro atoms. The van der Waals surface area contributed by atoms with Gasteiger partial charge in [0.1, 0.15) is 0 Å². The lowest BCUT2D eigenvalue weighted by Gasteiger charge is -2.25. The Morgan fingerprint density at radius 3 is 2.14 bits per heavy atom. The first kappa shape index (κ1) is 17.7. The van der Waals surface area contributed by atoms with Gasteiger partial charge >= 0.3 is 5.97 Å². The molecule has 0 heterocycles. The summed E-state index contributed by atoms with van der Waals surface area (Å²) in [6, 6.07) is 6.35. The van der Waals surface area contributed by atoms with E-state index in [0.29, 0.717) is 0 Å². The quantitative estimate of drug-likeness (QED) is 0.724. The van der Waals surface area contributed by atoms with Gasteiger partial charge in [0.15, 0.2) is 0 Å². The zero-order chi connectivity index (χ0) is 16.0. The smallest absolute Gasteiger partial charge is 0.309 e. The van der Waals surface area contributed by atoms with Gasteiger partial charge in [0, 0.05) is 13.1 Å². The van der Waals surface area contributed by atoms with E-state index in [2.05, 4.69) is 4.74 Å². The molecule has 0 aromatic heterocycles. The van der Waals surface area contributed by atoms with Gasteiger partial charge in [-0.3, -0.25) is 4.79 Å². The first-order valence-electron chi connectivity index (χ1n) is 7.00. The number of esters is 1. The topological polar surface area (TPSA) is 63.7 Å². The molecular formula is C15H23NO4S. The van der Waals surface area contributed by atoms with Crippen molar-refractivity contribution >= 4 is 16.0 Å². The molecule has 0 aliphatic carbocycles. The van der Waals surface area contributed by atoms with Crippen LogP contribution < -0.4 is 0 Å². The summed E-state index contributed by atoms with van der Waals surface area (Å²) >= 11 is 0. The fourth-order valence-corrected chi connectivity index (χ4v) is 3.69. The Morgan fingerprint density at radius 2 is 1.71 bits per heavy atom. The van der Waals surface area contributed by atoms with Gasteiger partial charge < -0.3 is 4.74 Å². The van der Waals surface area contributed by atoms with Crippen LogP contribution in [0.4, 0.5) is 0 Å². The molecule has 6 heteroatoms. The highest BCUT2D eigenvalue weighted by Gasteiger charge is 2.25. The SMILES string of the molecule is CCC(CC)N(C)S(=O)(=O)c1ccc(CC(=O)OC)cc1. The lowest BCUT2D eigenvalue weighted by atomic mass is 10.2. The van der Waals surface area contributed by atoms with Gasteiger partial charge in [-0.25, -0.2) is 8.42 Å². The van der Waals surface area contributed by atoms with Crippen LogP contribution in [0.25, 0.3) is 0 Å². The van der Waals surface area contributed by atoms with Gasteiger partial charge in [-0.2, -0.15) is 4.31 Å². The summed E-state index contributed by atoms with van der Waals surface area (Å²) in [5.74, 6) is -0.347. The lowest BCUT2D eigenvalue weighted by molar-refractivity contribution is -0.139. The number of hydrogen-bond acceptors (Lipinski definition) is 4. The van der Waals surface area contributed by atoms with Crippen molar-refractivity contribution in [1.29, 1.82) is 0 Å². The van der Waals surface area contributed by atoms with E-state index in [-0.39, 0.29) is 23.3 Å². The summed E-state index contributed by atoms with van der Waals surface area (Å²) in [6.07, 6.45) is 1.68. The molecule has 0 aliphatic rings. The summed E-state index contributed by atoms with van der Waals surface area (Å²) in [7, 11) is -0.564. The summed E-state index contributed by atoms with van der Waals surface area (Å²) < 4.78 is 31.0. The number of nitrogens with zero attached hydrogens (tertiary/aromatic N) is 1. The Morgan fingerprint density at radius 1 is 1.19 bits per heavy atom. The van der Waals surface area contributed by atoms with Crippen molar-refractivity contribution in [2.75, 3.05) is 14.2 Å². The van der Waals surface area contributed by atoms with Crippen LogP contribution in [0.5, 0.6) is 0 Å². The fourth-order valence-electron chi connectivity index (χ4n) is 2.18. The molecule has 0 unspecified atom stereocenters. The van der Waals surface area contributed by atoms with E-state index in [0.717, 1.165) is 18.4 Å². The van der Waals surface area contributed by atoms with Crippen molar-refractivity contribution < 1.29 is 17.9 Å². The van der Waals surface area contributed by atoms with Crippen molar-refractivity contribution in [3.8, 4) is 0 Å². The predicted molar refractivity (Wildman–Crippen MR) is 81.5 cm³/mol. The summed E-state index contributed by atoms with van der Waals surface area (Å²) in [6.45, 7) is 3.94. The summed E-state index contributed by atoms with van der Waals surface area (Å²) in [4.78, 5) is 11.4. The largest absolute Gasteiger partial charge is 0.469 e. The molecule has 0 N–H and O–H groups in total. The van der Waals surface area contributed by atoms with E-state index >= 15 is 0 Å². The maximum absolute atomic E-state index is 12.5. The van der Waals surface area contributed by atoms with E-state index in [1.54, 1.807) is 19.2 Å². The van der Waals surface area contributed by atoms with E-state index in [9.17, 15) is 13.2 Å². The first-order chi connectivity index (χ1) is 9.86. The van der Waals surface area contributed by atoms with Gasteiger partial charge in [0.25, 0.3) is 0 Å². The van der Waals surface area contributed by atoms with Crippen LogP contribution in [0, 0.1) is 0 Å². The maximum Gasteiger partial charge on any atom is 0.309 e. The van der Waals surface area contributed by atoms with Crippen molar-refractivity contribution in [2.24, 2.45) is 0 Å². The molecule has 0 radical (unpaired) electrons. The zero-order valence-corrected chi connectivity index (χ0v) is 13.8. The normalized spacial score (nSPS) is 11.9. The molecule has 0 saturated heterocycles.